The summed E-state index contributed by atoms with van der Waals surface area (Å²) >= 11 is 0. The number of hydrogen-bond donors (Lipinski definition) is 1. The lowest BCUT2D eigenvalue weighted by molar-refractivity contribution is -0.137. The Balaban J connectivity index is 3.49. The fraction of sp³-hybridized carbons (Fsp3) is 0.909. The van der Waals surface area contributed by atoms with Crippen LogP contribution in [0, 0.1) is 0 Å². The normalized spacial score (nSPS) is 14.1. The van der Waals surface area contributed by atoms with Gasteiger partial charge in [-0.25, -0.2) is 0 Å². The number of carboxylic acid groups (broad SMARTS) is 1. The van der Waals surface area contributed by atoms with Crippen molar-refractivity contribution in [1.29, 1.82) is 0 Å². The molecular formula is C11H28O4Si3. The Kier molecular flexibility index (Phi) is 13.5. The average molecular weight is 309 g/mol. The third-order valence-corrected chi connectivity index (χ3v) is 6.74. The zero-order valence-corrected chi connectivity index (χ0v) is 16.6. The Morgan fingerprint density at radius 1 is 1.22 bits per heavy atom. The molecule has 0 aliphatic carbocycles. The standard InChI is InChI=1S/C11H28O4Si3/c1-2-3-4-5-6-7-8-9-10(11(12)13)17-15-18-14-16/h10H,2-9,17-18H2,1,16H3,(H,12,13). The predicted molar refractivity (Wildman–Crippen MR) is 83.2 cm³/mol. The van der Waals surface area contributed by atoms with E-state index in [1.165, 1.54) is 32.1 Å². The van der Waals surface area contributed by atoms with E-state index in [2.05, 4.69) is 6.92 Å². The second-order valence-electron chi connectivity index (χ2n) is 4.72. The summed E-state index contributed by atoms with van der Waals surface area (Å²) in [6.45, 7) is 2.22. The SMILES string of the molecule is CCCCCCCCCC([SiH2]O[SiH2]O[SiH3])C(=O)O. The van der Waals surface area contributed by atoms with Gasteiger partial charge in [-0.2, -0.15) is 0 Å². The smallest absolute Gasteiger partial charge is 0.305 e. The Labute approximate surface area is 118 Å². The van der Waals surface area contributed by atoms with Gasteiger partial charge in [-0.3, -0.25) is 4.79 Å². The van der Waals surface area contributed by atoms with Gasteiger partial charge in [0.25, 0.3) is 10.0 Å². The monoisotopic (exact) mass is 308 g/mol. The first-order valence-electron chi connectivity index (χ1n) is 7.01. The minimum absolute atomic E-state index is 0.204. The molecule has 0 rings (SSSR count). The Morgan fingerprint density at radius 3 is 2.39 bits per heavy atom. The van der Waals surface area contributed by atoms with Gasteiger partial charge in [-0.05, 0) is 6.42 Å². The van der Waals surface area contributed by atoms with Gasteiger partial charge in [-0.15, -0.1) is 0 Å². The first kappa shape index (κ1) is 18.0. The fourth-order valence-electron chi connectivity index (χ4n) is 1.90. The van der Waals surface area contributed by atoms with Crippen LogP contribution in [0.1, 0.15) is 58.3 Å². The van der Waals surface area contributed by atoms with E-state index in [1.807, 2.05) is 0 Å². The van der Waals surface area contributed by atoms with E-state index in [1.54, 1.807) is 0 Å². The average Bonchev–Trinajstić information content (AvgIpc) is 2.35. The van der Waals surface area contributed by atoms with Gasteiger partial charge in [0.05, 0.1) is 5.54 Å². The van der Waals surface area contributed by atoms with Crippen molar-refractivity contribution < 1.29 is 18.1 Å². The van der Waals surface area contributed by atoms with Crippen LogP contribution in [0.4, 0.5) is 0 Å². The number of carboxylic acids is 1. The van der Waals surface area contributed by atoms with Crippen molar-refractivity contribution in [1.82, 2.24) is 0 Å². The Morgan fingerprint density at radius 2 is 1.83 bits per heavy atom. The molecule has 0 saturated heterocycles. The van der Waals surface area contributed by atoms with E-state index >= 15 is 0 Å². The van der Waals surface area contributed by atoms with Crippen molar-refractivity contribution in [2.75, 3.05) is 0 Å². The highest BCUT2D eigenvalue weighted by Gasteiger charge is 2.17. The number of hydrogen-bond acceptors (Lipinski definition) is 3. The molecule has 0 aliphatic rings. The highest BCUT2D eigenvalue weighted by molar-refractivity contribution is 6.46. The quantitative estimate of drug-likeness (QED) is 0.395. The van der Waals surface area contributed by atoms with E-state index in [-0.39, 0.29) is 5.54 Å². The minimum Gasteiger partial charge on any atom is -0.481 e. The van der Waals surface area contributed by atoms with Crippen molar-refractivity contribution in [2.45, 2.75) is 63.8 Å². The highest BCUT2D eigenvalue weighted by atomic mass is 28.3. The van der Waals surface area contributed by atoms with Gasteiger partial charge in [-0.1, -0.05) is 51.9 Å². The van der Waals surface area contributed by atoms with Crippen molar-refractivity contribution in [3.05, 3.63) is 0 Å². The summed E-state index contributed by atoms with van der Waals surface area (Å²) in [6, 6.07) is 0. The molecule has 0 spiro atoms. The topological polar surface area (TPSA) is 55.8 Å². The van der Waals surface area contributed by atoms with Gasteiger partial charge in [0, 0.05) is 0 Å². The molecule has 0 fully saturated rings. The van der Waals surface area contributed by atoms with Crippen LogP contribution in [0.15, 0.2) is 0 Å². The second-order valence-corrected chi connectivity index (χ2v) is 10.2. The van der Waals surface area contributed by atoms with Crippen LogP contribution in [-0.2, 0) is 13.0 Å². The highest BCUT2D eigenvalue weighted by Crippen LogP contribution is 2.16. The third kappa shape index (κ3) is 11.1. The lowest BCUT2D eigenvalue weighted by Gasteiger charge is -2.11. The molecule has 0 saturated carbocycles. The maximum atomic E-state index is 11.0. The largest absolute Gasteiger partial charge is 0.481 e. The van der Waals surface area contributed by atoms with Gasteiger partial charge in [0.1, 0.15) is 10.5 Å². The van der Waals surface area contributed by atoms with Gasteiger partial charge >= 0.3 is 5.97 Å². The molecular weight excluding hydrogens is 280 g/mol. The number of rotatable bonds is 13. The first-order valence-corrected chi connectivity index (χ1v) is 10.4. The molecule has 0 aromatic rings. The summed E-state index contributed by atoms with van der Waals surface area (Å²) in [4.78, 5) is 11.0. The van der Waals surface area contributed by atoms with E-state index in [0.29, 0.717) is 10.5 Å². The Hall–Kier alpha value is 0.0406. The number of aliphatic carboxylic acids is 1. The second kappa shape index (κ2) is 13.5. The first-order chi connectivity index (χ1) is 8.72. The fourth-order valence-corrected chi connectivity index (χ4v) is 6.19. The van der Waals surface area contributed by atoms with Crippen LogP contribution in [0.3, 0.4) is 0 Å². The zero-order valence-electron chi connectivity index (χ0n) is 11.8. The number of unbranched alkanes of at least 4 members (excludes halogenated alkanes) is 6. The molecule has 7 heteroatoms. The van der Waals surface area contributed by atoms with Gasteiger partial charge in [0.2, 0.25) is 0 Å². The molecule has 0 heterocycles. The van der Waals surface area contributed by atoms with E-state index < -0.39 is 25.7 Å². The molecule has 0 radical (unpaired) electrons. The summed E-state index contributed by atoms with van der Waals surface area (Å²) in [5.74, 6) is -0.671. The molecule has 0 amide bonds. The number of carbonyl (C=O) groups is 1. The molecule has 0 bridgehead atoms. The summed E-state index contributed by atoms with van der Waals surface area (Å²) in [7, 11) is -1.05. The summed E-state index contributed by atoms with van der Waals surface area (Å²) in [5.41, 5.74) is -0.204. The molecule has 108 valence electrons. The molecule has 0 aliphatic heterocycles. The lowest BCUT2D eigenvalue weighted by atomic mass is 10.1. The molecule has 4 nitrogen and oxygen atoms in total. The maximum absolute atomic E-state index is 11.0. The van der Waals surface area contributed by atoms with Crippen LogP contribution in [0.5, 0.6) is 0 Å². The molecule has 1 atom stereocenters. The summed E-state index contributed by atoms with van der Waals surface area (Å²) in [6.07, 6.45) is 9.44. The molecule has 18 heavy (non-hydrogen) atoms. The molecule has 0 aromatic carbocycles. The Bertz CT molecular complexity index is 205. The third-order valence-electron chi connectivity index (χ3n) is 3.03. The summed E-state index contributed by atoms with van der Waals surface area (Å²) < 4.78 is 10.5. The van der Waals surface area contributed by atoms with Gasteiger partial charge < -0.3 is 13.3 Å². The van der Waals surface area contributed by atoms with Crippen molar-refractivity contribution >= 4 is 36.2 Å². The lowest BCUT2D eigenvalue weighted by Crippen LogP contribution is -2.19. The van der Waals surface area contributed by atoms with E-state index in [4.69, 9.17) is 13.3 Å². The predicted octanol–water partition coefficient (Wildman–Crippen LogP) is 0.396. The molecule has 1 unspecified atom stereocenters. The van der Waals surface area contributed by atoms with E-state index in [9.17, 15) is 4.79 Å². The van der Waals surface area contributed by atoms with Crippen molar-refractivity contribution in [3.63, 3.8) is 0 Å². The molecule has 0 aromatic heterocycles. The molecule has 1 N–H and O–H groups in total. The van der Waals surface area contributed by atoms with Crippen LogP contribution in [-0.4, -0.2) is 41.3 Å². The zero-order chi connectivity index (χ0) is 13.6. The maximum Gasteiger partial charge on any atom is 0.305 e. The van der Waals surface area contributed by atoms with Crippen molar-refractivity contribution in [2.24, 2.45) is 0 Å². The van der Waals surface area contributed by atoms with Gasteiger partial charge in [0.15, 0.2) is 9.76 Å². The van der Waals surface area contributed by atoms with Crippen molar-refractivity contribution in [3.8, 4) is 0 Å². The van der Waals surface area contributed by atoms with Crippen LogP contribution < -0.4 is 0 Å². The summed E-state index contributed by atoms with van der Waals surface area (Å²) in [5, 5.41) is 9.08. The van der Waals surface area contributed by atoms with Crippen LogP contribution in [0.25, 0.3) is 0 Å². The van der Waals surface area contributed by atoms with E-state index in [0.717, 1.165) is 19.3 Å². The van der Waals surface area contributed by atoms with Crippen LogP contribution in [0.2, 0.25) is 5.54 Å². The minimum atomic E-state index is -0.921. The van der Waals surface area contributed by atoms with Crippen LogP contribution >= 0.6 is 0 Å².